The number of methoxy groups -OCH3 is 1. The number of hydrogen-bond acceptors (Lipinski definition) is 4. The summed E-state index contributed by atoms with van der Waals surface area (Å²) in [5, 5.41) is 12.1. The van der Waals surface area contributed by atoms with Gasteiger partial charge in [0.1, 0.15) is 5.54 Å². The number of hydrogen-bond donors (Lipinski definition) is 2. The monoisotopic (exact) mass is 230 g/mol. The lowest BCUT2D eigenvalue weighted by atomic mass is 10.0. The Morgan fingerprint density at radius 3 is 2.62 bits per heavy atom. The van der Waals surface area contributed by atoms with Gasteiger partial charge in [-0.05, 0) is 26.8 Å². The highest BCUT2D eigenvalue weighted by atomic mass is 16.5. The average Bonchev–Trinajstić information content (AvgIpc) is 3.07. The van der Waals surface area contributed by atoms with Crippen molar-refractivity contribution < 1.29 is 14.6 Å². The molecule has 0 aliphatic heterocycles. The highest BCUT2D eigenvalue weighted by Crippen LogP contribution is 2.27. The standard InChI is InChI=1S/C11H22N2O3/c1-11(12-2,10(14)15)8-13(6-7-16-3)9-4-5-9/h9,12H,4-8H2,1-3H3,(H,14,15). The summed E-state index contributed by atoms with van der Waals surface area (Å²) in [5.41, 5.74) is -0.879. The van der Waals surface area contributed by atoms with Crippen molar-refractivity contribution in [3.05, 3.63) is 0 Å². The highest BCUT2D eigenvalue weighted by molar-refractivity contribution is 5.78. The molecule has 0 aromatic heterocycles. The molecule has 5 heteroatoms. The Morgan fingerprint density at radius 2 is 2.25 bits per heavy atom. The van der Waals surface area contributed by atoms with Crippen molar-refractivity contribution in [2.75, 3.05) is 33.9 Å². The Bertz CT molecular complexity index is 243. The molecule has 0 aromatic carbocycles. The number of carboxylic acids is 1. The Morgan fingerprint density at radius 1 is 1.62 bits per heavy atom. The summed E-state index contributed by atoms with van der Waals surface area (Å²) in [6.07, 6.45) is 2.34. The van der Waals surface area contributed by atoms with Gasteiger partial charge in [0.25, 0.3) is 0 Å². The van der Waals surface area contributed by atoms with E-state index in [1.165, 1.54) is 12.8 Å². The van der Waals surface area contributed by atoms with Gasteiger partial charge >= 0.3 is 5.97 Å². The minimum atomic E-state index is -0.879. The molecule has 0 saturated heterocycles. The van der Waals surface area contributed by atoms with E-state index in [1.54, 1.807) is 21.1 Å². The molecule has 0 heterocycles. The molecule has 1 aliphatic rings. The number of nitrogens with zero attached hydrogens (tertiary/aromatic N) is 1. The SMILES string of the molecule is CNC(C)(CN(CCOC)C1CC1)C(=O)O. The van der Waals surface area contributed by atoms with Crippen LogP contribution < -0.4 is 5.32 Å². The number of aliphatic carboxylic acids is 1. The number of nitrogens with one attached hydrogen (secondary N) is 1. The molecule has 1 rings (SSSR count). The van der Waals surface area contributed by atoms with Gasteiger partial charge in [-0.3, -0.25) is 9.69 Å². The normalized spacial score (nSPS) is 19.8. The van der Waals surface area contributed by atoms with E-state index in [0.29, 0.717) is 19.2 Å². The largest absolute Gasteiger partial charge is 0.480 e. The van der Waals surface area contributed by atoms with Crippen molar-refractivity contribution in [1.29, 1.82) is 0 Å². The fourth-order valence-electron chi connectivity index (χ4n) is 1.70. The van der Waals surface area contributed by atoms with Crippen molar-refractivity contribution in [2.24, 2.45) is 0 Å². The zero-order valence-electron chi connectivity index (χ0n) is 10.3. The smallest absolute Gasteiger partial charge is 0.324 e. The van der Waals surface area contributed by atoms with Crippen molar-refractivity contribution in [2.45, 2.75) is 31.3 Å². The van der Waals surface area contributed by atoms with E-state index >= 15 is 0 Å². The predicted octanol–water partition coefficient (Wildman–Crippen LogP) is 0.160. The Balaban J connectivity index is 2.54. The van der Waals surface area contributed by atoms with E-state index < -0.39 is 11.5 Å². The molecule has 5 nitrogen and oxygen atoms in total. The van der Waals surface area contributed by atoms with E-state index in [4.69, 9.17) is 4.74 Å². The third-order valence-electron chi connectivity index (χ3n) is 3.19. The quantitative estimate of drug-likeness (QED) is 0.622. The number of ether oxygens (including phenoxy) is 1. The van der Waals surface area contributed by atoms with E-state index in [9.17, 15) is 9.90 Å². The fourth-order valence-corrected chi connectivity index (χ4v) is 1.70. The van der Waals surface area contributed by atoms with Gasteiger partial charge in [0.05, 0.1) is 6.61 Å². The summed E-state index contributed by atoms with van der Waals surface area (Å²) in [7, 11) is 3.36. The Hall–Kier alpha value is -0.650. The second-order valence-electron chi connectivity index (χ2n) is 4.58. The van der Waals surface area contributed by atoms with Crippen LogP contribution in [-0.2, 0) is 9.53 Å². The number of carboxylic acid groups (broad SMARTS) is 1. The first-order valence-corrected chi connectivity index (χ1v) is 5.69. The summed E-state index contributed by atoms with van der Waals surface area (Å²) in [6, 6.07) is 0.544. The first-order valence-electron chi connectivity index (χ1n) is 5.69. The molecular weight excluding hydrogens is 208 g/mol. The molecule has 1 unspecified atom stereocenters. The molecule has 0 amide bonds. The molecule has 2 N–H and O–H groups in total. The maximum atomic E-state index is 11.2. The molecule has 1 aliphatic carbocycles. The lowest BCUT2D eigenvalue weighted by Crippen LogP contribution is -2.56. The summed E-state index contributed by atoms with van der Waals surface area (Å²) in [6.45, 7) is 3.69. The van der Waals surface area contributed by atoms with Crippen LogP contribution in [0.5, 0.6) is 0 Å². The van der Waals surface area contributed by atoms with Gasteiger partial charge in [-0.25, -0.2) is 0 Å². The molecule has 1 atom stereocenters. The molecule has 94 valence electrons. The minimum Gasteiger partial charge on any atom is -0.480 e. The molecule has 1 saturated carbocycles. The number of likely N-dealkylation sites (N-methyl/N-ethyl adjacent to an activating group) is 1. The van der Waals surface area contributed by atoms with Gasteiger partial charge < -0.3 is 15.2 Å². The zero-order chi connectivity index (χ0) is 12.2. The van der Waals surface area contributed by atoms with Crippen LogP contribution in [0.1, 0.15) is 19.8 Å². The summed E-state index contributed by atoms with van der Waals surface area (Å²) in [4.78, 5) is 13.4. The lowest BCUT2D eigenvalue weighted by molar-refractivity contribution is -0.144. The molecule has 16 heavy (non-hydrogen) atoms. The van der Waals surface area contributed by atoms with Gasteiger partial charge in [0.15, 0.2) is 0 Å². The second kappa shape index (κ2) is 5.61. The molecule has 0 spiro atoms. The average molecular weight is 230 g/mol. The molecule has 0 aromatic rings. The molecule has 0 bridgehead atoms. The molecule has 0 radical (unpaired) electrons. The van der Waals surface area contributed by atoms with Gasteiger partial charge in [-0.2, -0.15) is 0 Å². The summed E-state index contributed by atoms with van der Waals surface area (Å²) in [5.74, 6) is -0.807. The molecular formula is C11H22N2O3. The van der Waals surface area contributed by atoms with Crippen molar-refractivity contribution in [3.63, 3.8) is 0 Å². The first kappa shape index (κ1) is 13.4. The Kier molecular flexibility index (Phi) is 4.70. The van der Waals surface area contributed by atoms with Crippen LogP contribution in [0.15, 0.2) is 0 Å². The van der Waals surface area contributed by atoms with Crippen LogP contribution in [0.2, 0.25) is 0 Å². The highest BCUT2D eigenvalue weighted by Gasteiger charge is 2.38. The third-order valence-corrected chi connectivity index (χ3v) is 3.19. The Labute approximate surface area is 96.8 Å². The number of rotatable bonds is 8. The van der Waals surface area contributed by atoms with Gasteiger partial charge in [0.2, 0.25) is 0 Å². The van der Waals surface area contributed by atoms with Gasteiger partial charge in [0, 0.05) is 26.2 Å². The summed E-state index contributed by atoms with van der Waals surface area (Å²) < 4.78 is 5.05. The zero-order valence-corrected chi connectivity index (χ0v) is 10.3. The van der Waals surface area contributed by atoms with Gasteiger partial charge in [-0.15, -0.1) is 0 Å². The van der Waals surface area contributed by atoms with E-state index in [-0.39, 0.29) is 0 Å². The minimum absolute atomic E-state index is 0.521. The van der Waals surface area contributed by atoms with Crippen molar-refractivity contribution in [1.82, 2.24) is 10.2 Å². The van der Waals surface area contributed by atoms with Crippen LogP contribution in [0.3, 0.4) is 0 Å². The van der Waals surface area contributed by atoms with E-state index in [0.717, 1.165) is 6.54 Å². The van der Waals surface area contributed by atoms with Gasteiger partial charge in [-0.1, -0.05) is 0 Å². The maximum absolute atomic E-state index is 11.2. The first-order chi connectivity index (χ1) is 7.53. The summed E-state index contributed by atoms with van der Waals surface area (Å²) >= 11 is 0. The van der Waals surface area contributed by atoms with Crippen LogP contribution >= 0.6 is 0 Å². The lowest BCUT2D eigenvalue weighted by Gasteiger charge is -2.32. The predicted molar refractivity (Wildman–Crippen MR) is 61.6 cm³/mol. The second-order valence-corrected chi connectivity index (χ2v) is 4.58. The van der Waals surface area contributed by atoms with Crippen LogP contribution in [0.4, 0.5) is 0 Å². The van der Waals surface area contributed by atoms with E-state index in [1.807, 2.05) is 0 Å². The van der Waals surface area contributed by atoms with Crippen molar-refractivity contribution in [3.8, 4) is 0 Å². The van der Waals surface area contributed by atoms with Crippen LogP contribution in [0.25, 0.3) is 0 Å². The fraction of sp³-hybridized carbons (Fsp3) is 0.909. The topological polar surface area (TPSA) is 61.8 Å². The van der Waals surface area contributed by atoms with Crippen LogP contribution in [0, 0.1) is 0 Å². The molecule has 1 fully saturated rings. The van der Waals surface area contributed by atoms with Crippen molar-refractivity contribution >= 4 is 5.97 Å². The maximum Gasteiger partial charge on any atom is 0.324 e. The van der Waals surface area contributed by atoms with Crippen LogP contribution in [-0.4, -0.2) is 61.4 Å². The van der Waals surface area contributed by atoms with E-state index in [2.05, 4.69) is 10.2 Å². The third kappa shape index (κ3) is 3.43. The number of carbonyl (C=O) groups is 1.